The summed E-state index contributed by atoms with van der Waals surface area (Å²) in [6.45, 7) is 8.45. The fraction of sp³-hybridized carbons (Fsp3) is 0.296. The molecule has 2 aromatic carbocycles. The molecular formula is C27H28N2O6S. The summed E-state index contributed by atoms with van der Waals surface area (Å²) in [7, 11) is 1.52. The van der Waals surface area contributed by atoms with Crippen LogP contribution in [0.1, 0.15) is 41.6 Å². The van der Waals surface area contributed by atoms with E-state index in [1.165, 1.54) is 23.3 Å². The van der Waals surface area contributed by atoms with Gasteiger partial charge in [0.15, 0.2) is 16.6 Å². The summed E-state index contributed by atoms with van der Waals surface area (Å²) < 4.78 is 16.6. The molecule has 2 heterocycles. The van der Waals surface area contributed by atoms with Gasteiger partial charge in [-0.05, 0) is 69.7 Å². The van der Waals surface area contributed by atoms with E-state index >= 15 is 0 Å². The van der Waals surface area contributed by atoms with E-state index in [1.54, 1.807) is 42.5 Å². The lowest BCUT2D eigenvalue weighted by atomic mass is 9.95. The molecule has 1 N–H and O–H groups in total. The Morgan fingerprint density at radius 1 is 1.03 bits per heavy atom. The van der Waals surface area contributed by atoms with Crippen molar-refractivity contribution in [2.24, 2.45) is 0 Å². The first-order valence-electron chi connectivity index (χ1n) is 11.6. The van der Waals surface area contributed by atoms with Crippen molar-refractivity contribution in [1.82, 2.24) is 4.98 Å². The van der Waals surface area contributed by atoms with Crippen molar-refractivity contribution in [3.8, 4) is 17.2 Å². The number of rotatable bonds is 8. The Morgan fingerprint density at radius 3 is 2.31 bits per heavy atom. The van der Waals surface area contributed by atoms with E-state index in [-0.39, 0.29) is 11.3 Å². The highest BCUT2D eigenvalue weighted by Gasteiger charge is 2.48. The Balaban J connectivity index is 1.91. The molecule has 1 aromatic heterocycles. The van der Waals surface area contributed by atoms with Gasteiger partial charge in [-0.1, -0.05) is 6.07 Å². The van der Waals surface area contributed by atoms with Crippen LogP contribution in [-0.2, 0) is 9.59 Å². The number of carbonyl (C=O) groups excluding carboxylic acids is 2. The van der Waals surface area contributed by atoms with Crippen LogP contribution in [0.25, 0.3) is 5.76 Å². The van der Waals surface area contributed by atoms with Crippen LogP contribution in [0.3, 0.4) is 0 Å². The van der Waals surface area contributed by atoms with E-state index in [0.29, 0.717) is 46.7 Å². The second-order valence-corrected chi connectivity index (χ2v) is 9.29. The molecule has 1 aliphatic heterocycles. The fourth-order valence-corrected chi connectivity index (χ4v) is 5.00. The number of anilines is 1. The number of aliphatic hydroxyl groups is 1. The number of aryl methyl sites for hydroxylation is 2. The minimum Gasteiger partial charge on any atom is -0.507 e. The van der Waals surface area contributed by atoms with Crippen molar-refractivity contribution in [1.29, 1.82) is 0 Å². The summed E-state index contributed by atoms with van der Waals surface area (Å²) in [4.78, 5) is 33.5. The number of amides is 1. The number of thiazole rings is 1. The zero-order valence-electron chi connectivity index (χ0n) is 20.8. The van der Waals surface area contributed by atoms with Gasteiger partial charge in [0.2, 0.25) is 0 Å². The lowest BCUT2D eigenvalue weighted by molar-refractivity contribution is -0.132. The molecule has 1 saturated heterocycles. The average Bonchev–Trinajstić information content (AvgIpc) is 3.34. The predicted molar refractivity (Wildman–Crippen MR) is 138 cm³/mol. The van der Waals surface area contributed by atoms with Crippen LogP contribution >= 0.6 is 11.3 Å². The average molecular weight is 509 g/mol. The Morgan fingerprint density at radius 2 is 1.72 bits per heavy atom. The molecule has 0 saturated carbocycles. The third-order valence-corrected chi connectivity index (χ3v) is 6.98. The van der Waals surface area contributed by atoms with Gasteiger partial charge in [-0.2, -0.15) is 0 Å². The molecule has 0 bridgehead atoms. The molecule has 9 heteroatoms. The van der Waals surface area contributed by atoms with Crippen LogP contribution < -0.4 is 19.1 Å². The predicted octanol–water partition coefficient (Wildman–Crippen LogP) is 5.19. The third-order valence-electron chi connectivity index (χ3n) is 5.91. The first-order chi connectivity index (χ1) is 17.3. The summed E-state index contributed by atoms with van der Waals surface area (Å²) in [6.07, 6.45) is 0. The number of aromatic nitrogens is 1. The minimum absolute atomic E-state index is 0.0270. The molecule has 0 aliphatic carbocycles. The van der Waals surface area contributed by atoms with Crippen LogP contribution in [0.15, 0.2) is 48.0 Å². The number of carbonyl (C=O) groups is 2. The molecule has 8 nitrogen and oxygen atoms in total. The summed E-state index contributed by atoms with van der Waals surface area (Å²) in [6, 6.07) is 11.0. The van der Waals surface area contributed by atoms with Crippen molar-refractivity contribution in [3.05, 3.63) is 69.7 Å². The molecule has 0 spiro atoms. The van der Waals surface area contributed by atoms with Gasteiger partial charge in [0.1, 0.15) is 11.5 Å². The smallest absolute Gasteiger partial charge is 0.301 e. The monoisotopic (exact) mass is 508 g/mol. The molecule has 0 unspecified atom stereocenters. The Kier molecular flexibility index (Phi) is 7.30. The van der Waals surface area contributed by atoms with Gasteiger partial charge in [-0.3, -0.25) is 14.5 Å². The highest BCUT2D eigenvalue weighted by molar-refractivity contribution is 7.16. The number of ether oxygens (including phenoxy) is 3. The van der Waals surface area contributed by atoms with Crippen LogP contribution in [-0.4, -0.2) is 42.1 Å². The van der Waals surface area contributed by atoms with E-state index in [1.807, 2.05) is 27.7 Å². The number of Topliss-reactive ketones (excluding diaryl/α,β-unsaturated/α-hetero) is 1. The van der Waals surface area contributed by atoms with E-state index in [4.69, 9.17) is 14.2 Å². The first-order valence-corrected chi connectivity index (χ1v) is 12.4. The van der Waals surface area contributed by atoms with Crippen molar-refractivity contribution >= 4 is 33.9 Å². The van der Waals surface area contributed by atoms with E-state index in [9.17, 15) is 14.7 Å². The summed E-state index contributed by atoms with van der Waals surface area (Å²) in [5.74, 6) is -0.197. The minimum atomic E-state index is -0.911. The van der Waals surface area contributed by atoms with Gasteiger partial charge in [0.05, 0.1) is 37.6 Å². The maximum Gasteiger partial charge on any atom is 0.301 e. The number of hydrogen-bond acceptors (Lipinski definition) is 8. The normalized spacial score (nSPS) is 16.9. The second kappa shape index (κ2) is 10.4. The number of hydrogen-bond donors (Lipinski definition) is 1. The summed E-state index contributed by atoms with van der Waals surface area (Å²) in [5.41, 5.74) is 1.71. The maximum atomic E-state index is 13.4. The van der Waals surface area contributed by atoms with Crippen LogP contribution in [0.2, 0.25) is 0 Å². The molecule has 4 rings (SSSR count). The van der Waals surface area contributed by atoms with Crippen molar-refractivity contribution in [2.75, 3.05) is 25.2 Å². The largest absolute Gasteiger partial charge is 0.507 e. The van der Waals surface area contributed by atoms with Crippen molar-refractivity contribution in [2.45, 2.75) is 33.7 Å². The van der Waals surface area contributed by atoms with Crippen molar-refractivity contribution < 1.29 is 28.9 Å². The Bertz CT molecular complexity index is 1310. The topological polar surface area (TPSA) is 98.2 Å². The Labute approximate surface area is 213 Å². The molecule has 36 heavy (non-hydrogen) atoms. The van der Waals surface area contributed by atoms with E-state index in [2.05, 4.69) is 4.98 Å². The first kappa shape index (κ1) is 25.2. The number of benzene rings is 2. The van der Waals surface area contributed by atoms with Gasteiger partial charge < -0.3 is 19.3 Å². The van der Waals surface area contributed by atoms with Crippen molar-refractivity contribution in [3.63, 3.8) is 0 Å². The van der Waals surface area contributed by atoms with Crippen LogP contribution in [0.5, 0.6) is 17.2 Å². The molecule has 1 fully saturated rings. The molecule has 1 atom stereocenters. The number of aliphatic hydroxyl groups excluding tert-OH is 1. The van der Waals surface area contributed by atoms with E-state index in [0.717, 1.165) is 10.6 Å². The van der Waals surface area contributed by atoms with Gasteiger partial charge in [-0.15, -0.1) is 11.3 Å². The SMILES string of the molecule is CCOc1ccc(/C(O)=C2\C(=O)C(=O)N(c3nc(C)c(C)s3)[C@@H]2c2ccc(OCC)c(OC)c2)cc1. The molecule has 0 radical (unpaired) electrons. The highest BCUT2D eigenvalue weighted by atomic mass is 32.1. The van der Waals surface area contributed by atoms with Crippen LogP contribution in [0.4, 0.5) is 5.13 Å². The summed E-state index contributed by atoms with van der Waals surface area (Å²) in [5, 5.41) is 11.7. The zero-order valence-corrected chi connectivity index (χ0v) is 21.6. The quantitative estimate of drug-likeness (QED) is 0.254. The number of ketones is 1. The summed E-state index contributed by atoms with van der Waals surface area (Å²) >= 11 is 1.32. The lowest BCUT2D eigenvalue weighted by Crippen LogP contribution is -2.29. The Hall–Kier alpha value is -3.85. The third kappa shape index (κ3) is 4.54. The standard InChI is InChI=1S/C27H28N2O6S/c1-6-34-19-11-8-17(9-12-19)24(30)22-23(18-10-13-20(35-7-2)21(14-18)33-5)29(26(32)25(22)31)27-28-15(3)16(4)36-27/h8-14,23,30H,6-7H2,1-5H3/b24-22+/t23-/m1/s1. The molecule has 3 aromatic rings. The zero-order chi connectivity index (χ0) is 26.0. The molecule has 188 valence electrons. The van der Waals surface area contributed by atoms with Gasteiger partial charge in [0.25, 0.3) is 5.78 Å². The second-order valence-electron chi connectivity index (χ2n) is 8.11. The van der Waals surface area contributed by atoms with Gasteiger partial charge >= 0.3 is 5.91 Å². The molecular weight excluding hydrogens is 480 g/mol. The van der Waals surface area contributed by atoms with Gasteiger partial charge in [0, 0.05) is 10.4 Å². The maximum absolute atomic E-state index is 13.4. The highest BCUT2D eigenvalue weighted by Crippen LogP contribution is 2.45. The lowest BCUT2D eigenvalue weighted by Gasteiger charge is -2.24. The fourth-order valence-electron chi connectivity index (χ4n) is 4.06. The van der Waals surface area contributed by atoms with Crippen LogP contribution in [0, 0.1) is 13.8 Å². The molecule has 1 aliphatic rings. The number of nitrogens with zero attached hydrogens (tertiary/aromatic N) is 2. The van der Waals surface area contributed by atoms with Gasteiger partial charge in [-0.25, -0.2) is 4.98 Å². The van der Waals surface area contributed by atoms with E-state index < -0.39 is 17.7 Å². The number of methoxy groups -OCH3 is 1. The molecule has 1 amide bonds.